The number of hydrogen-bond acceptors (Lipinski definition) is 5. The lowest BCUT2D eigenvalue weighted by Gasteiger charge is -2.42. The lowest BCUT2D eigenvalue weighted by molar-refractivity contribution is -0.148. The highest BCUT2D eigenvalue weighted by molar-refractivity contribution is 5.20. The Kier molecular flexibility index (Phi) is 5.39. The molecule has 1 aromatic carbocycles. The van der Waals surface area contributed by atoms with E-state index in [1.165, 1.54) is 0 Å². The molecule has 136 valence electrons. The minimum Gasteiger partial charge on any atom is -0.491 e. The first kappa shape index (κ1) is 17.9. The summed E-state index contributed by atoms with van der Waals surface area (Å²) in [5.74, 6) is 1.87. The van der Waals surface area contributed by atoms with Crippen LogP contribution in [0.15, 0.2) is 36.7 Å². The first-order valence-electron chi connectivity index (χ1n) is 8.89. The molecule has 1 aliphatic rings. The van der Waals surface area contributed by atoms with E-state index in [2.05, 4.69) is 42.7 Å². The number of benzene rings is 1. The van der Waals surface area contributed by atoms with Gasteiger partial charge in [-0.25, -0.2) is 9.67 Å². The van der Waals surface area contributed by atoms with Crippen molar-refractivity contribution in [1.29, 1.82) is 0 Å². The van der Waals surface area contributed by atoms with Crippen LogP contribution < -0.4 is 4.74 Å². The van der Waals surface area contributed by atoms with E-state index < -0.39 is 0 Å². The smallest absolute Gasteiger partial charge is 0.141 e. The SMILES string of the molecule is CC(C)n1ncnc1CN1C[C@@H](COc2ccccc2)OC(C)(C)C1. The van der Waals surface area contributed by atoms with Gasteiger partial charge in [-0.3, -0.25) is 4.90 Å². The minimum atomic E-state index is -0.217. The van der Waals surface area contributed by atoms with Crippen LogP contribution >= 0.6 is 0 Å². The van der Waals surface area contributed by atoms with Gasteiger partial charge in [0.1, 0.15) is 30.6 Å². The van der Waals surface area contributed by atoms with Gasteiger partial charge < -0.3 is 9.47 Å². The maximum Gasteiger partial charge on any atom is 0.141 e. The van der Waals surface area contributed by atoms with E-state index in [0.29, 0.717) is 12.6 Å². The lowest BCUT2D eigenvalue weighted by Crippen LogP contribution is -2.54. The molecule has 2 heterocycles. The zero-order valence-corrected chi connectivity index (χ0v) is 15.6. The van der Waals surface area contributed by atoms with Crippen LogP contribution in [0.2, 0.25) is 0 Å². The van der Waals surface area contributed by atoms with Crippen LogP contribution in [0.4, 0.5) is 0 Å². The maximum atomic E-state index is 6.21. The molecular weight excluding hydrogens is 316 g/mol. The molecule has 0 amide bonds. The molecule has 25 heavy (non-hydrogen) atoms. The van der Waals surface area contributed by atoms with Crippen LogP contribution in [0.1, 0.15) is 39.6 Å². The monoisotopic (exact) mass is 344 g/mol. The van der Waals surface area contributed by atoms with Crippen LogP contribution in [0.3, 0.4) is 0 Å². The largest absolute Gasteiger partial charge is 0.491 e. The second-order valence-electron chi connectivity index (χ2n) is 7.51. The molecule has 6 heteroatoms. The fourth-order valence-electron chi connectivity index (χ4n) is 3.35. The van der Waals surface area contributed by atoms with Crippen LogP contribution in [0.25, 0.3) is 0 Å². The van der Waals surface area contributed by atoms with E-state index in [1.807, 2.05) is 35.0 Å². The number of aromatic nitrogens is 3. The molecule has 1 aliphatic heterocycles. The second kappa shape index (κ2) is 7.54. The number of morpholine rings is 1. The summed E-state index contributed by atoms with van der Waals surface area (Å²) in [5, 5.41) is 4.34. The third-order valence-corrected chi connectivity index (χ3v) is 4.23. The molecular formula is C19H28N4O2. The van der Waals surface area contributed by atoms with Crippen molar-refractivity contribution in [1.82, 2.24) is 19.7 Å². The summed E-state index contributed by atoms with van der Waals surface area (Å²) in [6.45, 7) is 11.5. The fraction of sp³-hybridized carbons (Fsp3) is 0.579. The Bertz CT molecular complexity index is 669. The van der Waals surface area contributed by atoms with Gasteiger partial charge in [-0.05, 0) is 39.8 Å². The summed E-state index contributed by atoms with van der Waals surface area (Å²) >= 11 is 0. The average Bonchev–Trinajstić information content (AvgIpc) is 3.01. The zero-order valence-electron chi connectivity index (χ0n) is 15.6. The average molecular weight is 344 g/mol. The lowest BCUT2D eigenvalue weighted by atomic mass is 10.1. The summed E-state index contributed by atoms with van der Waals surface area (Å²) in [7, 11) is 0. The van der Waals surface area contributed by atoms with Gasteiger partial charge in [0, 0.05) is 19.1 Å². The van der Waals surface area contributed by atoms with E-state index in [1.54, 1.807) is 6.33 Å². The van der Waals surface area contributed by atoms with Gasteiger partial charge in [0.2, 0.25) is 0 Å². The van der Waals surface area contributed by atoms with Crippen LogP contribution in [0, 0.1) is 0 Å². The van der Waals surface area contributed by atoms with Gasteiger partial charge in [0.05, 0.1) is 12.1 Å². The first-order chi connectivity index (χ1) is 11.9. The highest BCUT2D eigenvalue weighted by atomic mass is 16.5. The zero-order chi connectivity index (χ0) is 17.9. The van der Waals surface area contributed by atoms with Gasteiger partial charge in [-0.15, -0.1) is 0 Å². The summed E-state index contributed by atoms with van der Waals surface area (Å²) in [6, 6.07) is 10.2. The topological polar surface area (TPSA) is 52.4 Å². The Labute approximate surface area is 149 Å². The van der Waals surface area contributed by atoms with E-state index in [4.69, 9.17) is 9.47 Å². The van der Waals surface area contributed by atoms with E-state index in [0.717, 1.165) is 31.2 Å². The Morgan fingerprint density at radius 2 is 2.04 bits per heavy atom. The van der Waals surface area contributed by atoms with Crippen LogP contribution in [0.5, 0.6) is 5.75 Å². The Morgan fingerprint density at radius 1 is 1.28 bits per heavy atom. The van der Waals surface area contributed by atoms with Gasteiger partial charge in [-0.1, -0.05) is 18.2 Å². The van der Waals surface area contributed by atoms with Crippen molar-refractivity contribution in [2.75, 3.05) is 19.7 Å². The molecule has 0 bridgehead atoms. The fourth-order valence-corrected chi connectivity index (χ4v) is 3.35. The highest BCUT2D eigenvalue weighted by Gasteiger charge is 2.34. The Morgan fingerprint density at radius 3 is 2.76 bits per heavy atom. The van der Waals surface area contributed by atoms with E-state index >= 15 is 0 Å². The quantitative estimate of drug-likeness (QED) is 0.806. The van der Waals surface area contributed by atoms with Crippen LogP contribution in [-0.4, -0.2) is 51.1 Å². The number of nitrogens with zero attached hydrogens (tertiary/aromatic N) is 4. The number of hydrogen-bond donors (Lipinski definition) is 0. The van der Waals surface area contributed by atoms with Crippen molar-refractivity contribution in [2.24, 2.45) is 0 Å². The third-order valence-electron chi connectivity index (χ3n) is 4.23. The minimum absolute atomic E-state index is 0.0272. The highest BCUT2D eigenvalue weighted by Crippen LogP contribution is 2.23. The number of ether oxygens (including phenoxy) is 2. The summed E-state index contributed by atoms with van der Waals surface area (Å²) in [5.41, 5.74) is -0.217. The molecule has 2 aromatic rings. The van der Waals surface area contributed by atoms with Crippen LogP contribution in [-0.2, 0) is 11.3 Å². The molecule has 1 aromatic heterocycles. The molecule has 0 aliphatic carbocycles. The molecule has 1 fully saturated rings. The summed E-state index contributed by atoms with van der Waals surface area (Å²) in [6.07, 6.45) is 1.66. The van der Waals surface area contributed by atoms with Gasteiger partial charge in [0.25, 0.3) is 0 Å². The molecule has 0 spiro atoms. The van der Waals surface area contributed by atoms with Gasteiger partial charge in [0.15, 0.2) is 0 Å². The van der Waals surface area contributed by atoms with Crippen molar-refractivity contribution in [3.8, 4) is 5.75 Å². The Hall–Kier alpha value is -1.92. The molecule has 0 N–H and O–H groups in total. The standard InChI is InChI=1S/C19H28N4O2/c1-15(2)23-18(20-14-21-23)11-22-10-17(25-19(3,4)13-22)12-24-16-8-6-5-7-9-16/h5-9,14-15,17H,10-13H2,1-4H3/t17-/m0/s1. The van der Waals surface area contributed by atoms with Crippen molar-refractivity contribution in [3.05, 3.63) is 42.5 Å². The third kappa shape index (κ3) is 4.80. The van der Waals surface area contributed by atoms with Crippen molar-refractivity contribution >= 4 is 0 Å². The van der Waals surface area contributed by atoms with Crippen molar-refractivity contribution in [3.63, 3.8) is 0 Å². The van der Waals surface area contributed by atoms with Gasteiger partial charge >= 0.3 is 0 Å². The summed E-state index contributed by atoms with van der Waals surface area (Å²) < 4.78 is 14.1. The first-order valence-corrected chi connectivity index (χ1v) is 8.89. The molecule has 0 unspecified atom stereocenters. The molecule has 3 rings (SSSR count). The van der Waals surface area contributed by atoms with Gasteiger partial charge in [-0.2, -0.15) is 5.10 Å². The Balaban J connectivity index is 1.63. The number of rotatable bonds is 6. The maximum absolute atomic E-state index is 6.21. The van der Waals surface area contributed by atoms with E-state index in [-0.39, 0.29) is 11.7 Å². The van der Waals surface area contributed by atoms with Crippen molar-refractivity contribution < 1.29 is 9.47 Å². The van der Waals surface area contributed by atoms with E-state index in [9.17, 15) is 0 Å². The molecule has 1 atom stereocenters. The van der Waals surface area contributed by atoms with Crippen molar-refractivity contribution in [2.45, 2.75) is 52.0 Å². The molecule has 6 nitrogen and oxygen atoms in total. The molecule has 0 saturated carbocycles. The molecule has 1 saturated heterocycles. The number of para-hydroxylation sites is 1. The predicted molar refractivity (Wildman–Crippen MR) is 96.6 cm³/mol. The predicted octanol–water partition coefficient (Wildman–Crippen LogP) is 2.92. The second-order valence-corrected chi connectivity index (χ2v) is 7.51. The molecule has 0 radical (unpaired) electrons. The summed E-state index contributed by atoms with van der Waals surface area (Å²) in [4.78, 5) is 6.82. The normalized spacial score (nSPS) is 20.8.